The summed E-state index contributed by atoms with van der Waals surface area (Å²) in [6.07, 6.45) is 0.106. The molecule has 0 aliphatic rings. The summed E-state index contributed by atoms with van der Waals surface area (Å²) in [5, 5.41) is 9.02. The van der Waals surface area contributed by atoms with E-state index in [2.05, 4.69) is 22.6 Å². The van der Waals surface area contributed by atoms with Gasteiger partial charge in [0.2, 0.25) is 5.91 Å². The van der Waals surface area contributed by atoms with Crippen molar-refractivity contribution in [1.29, 1.82) is 0 Å². The van der Waals surface area contributed by atoms with E-state index in [1.807, 2.05) is 12.1 Å². The molecule has 1 rings (SSSR count). The molecule has 0 aliphatic heterocycles. The van der Waals surface area contributed by atoms with Crippen LogP contribution in [0.15, 0.2) is 24.3 Å². The van der Waals surface area contributed by atoms with Crippen molar-refractivity contribution in [3.63, 3.8) is 0 Å². The van der Waals surface area contributed by atoms with Crippen LogP contribution in [-0.4, -0.2) is 17.0 Å². The average Bonchev–Trinajstić information content (AvgIpc) is 2.20. The molecule has 0 bridgehead atoms. The van der Waals surface area contributed by atoms with Gasteiger partial charge in [-0.15, -0.1) is 0 Å². The van der Waals surface area contributed by atoms with Crippen molar-refractivity contribution >= 4 is 34.5 Å². The second-order valence-corrected chi connectivity index (χ2v) is 5.05. The highest BCUT2D eigenvalue weighted by atomic mass is 127. The fourth-order valence-corrected chi connectivity index (χ4v) is 1.64. The number of hydrogen-bond acceptors (Lipinski definition) is 2. The van der Waals surface area contributed by atoms with E-state index in [0.717, 1.165) is 9.13 Å². The topological polar surface area (TPSA) is 80.4 Å². The predicted molar refractivity (Wildman–Crippen MR) is 67.8 cm³/mol. The van der Waals surface area contributed by atoms with Crippen LogP contribution in [0.1, 0.15) is 12.5 Å². The molecule has 1 amide bonds. The van der Waals surface area contributed by atoms with Crippen LogP contribution in [0.4, 0.5) is 0 Å². The molecule has 0 radical (unpaired) electrons. The molecule has 16 heavy (non-hydrogen) atoms. The van der Waals surface area contributed by atoms with Crippen molar-refractivity contribution < 1.29 is 14.7 Å². The Kier molecular flexibility index (Phi) is 3.90. The van der Waals surface area contributed by atoms with Gasteiger partial charge in [0.05, 0.1) is 0 Å². The molecule has 0 saturated carbocycles. The minimum atomic E-state index is -1.55. The normalized spacial score (nSPS) is 14.1. The molecule has 1 atom stereocenters. The van der Waals surface area contributed by atoms with Crippen LogP contribution >= 0.6 is 22.6 Å². The van der Waals surface area contributed by atoms with E-state index in [-0.39, 0.29) is 6.42 Å². The quantitative estimate of drug-likeness (QED) is 0.646. The van der Waals surface area contributed by atoms with Gasteiger partial charge >= 0.3 is 5.97 Å². The Hall–Kier alpha value is -1.11. The molecule has 1 aromatic rings. The van der Waals surface area contributed by atoms with Gasteiger partial charge < -0.3 is 10.8 Å². The molecule has 0 aromatic heterocycles. The number of amides is 1. The van der Waals surface area contributed by atoms with Crippen LogP contribution in [0.25, 0.3) is 0 Å². The van der Waals surface area contributed by atoms with Crippen molar-refractivity contribution in [3.8, 4) is 0 Å². The summed E-state index contributed by atoms with van der Waals surface area (Å²) >= 11 is 2.15. The zero-order valence-corrected chi connectivity index (χ0v) is 10.9. The lowest BCUT2D eigenvalue weighted by Gasteiger charge is -2.20. The Morgan fingerprint density at radius 2 is 1.88 bits per heavy atom. The van der Waals surface area contributed by atoms with Crippen LogP contribution < -0.4 is 5.73 Å². The van der Waals surface area contributed by atoms with Gasteiger partial charge in [0, 0.05) is 3.57 Å². The second kappa shape index (κ2) is 4.82. The highest BCUT2D eigenvalue weighted by molar-refractivity contribution is 14.1. The first-order valence-electron chi connectivity index (χ1n) is 4.64. The summed E-state index contributed by atoms with van der Waals surface area (Å²) in [5.74, 6) is -2.02. The number of carbonyl (C=O) groups is 2. The first-order chi connectivity index (χ1) is 7.36. The van der Waals surface area contributed by atoms with Gasteiger partial charge in [0.15, 0.2) is 0 Å². The highest BCUT2D eigenvalue weighted by Gasteiger charge is 2.39. The van der Waals surface area contributed by atoms with Gasteiger partial charge in [-0.25, -0.2) is 0 Å². The average molecular weight is 333 g/mol. The molecule has 4 nitrogen and oxygen atoms in total. The maximum atomic E-state index is 11.2. The van der Waals surface area contributed by atoms with Gasteiger partial charge in [-0.05, 0) is 53.6 Å². The minimum Gasteiger partial charge on any atom is -0.480 e. The Balaban J connectivity index is 2.97. The number of aliphatic carboxylic acids is 1. The predicted octanol–water partition coefficient (Wildman–Crippen LogP) is 1.41. The van der Waals surface area contributed by atoms with Gasteiger partial charge in [0.25, 0.3) is 0 Å². The third-order valence-corrected chi connectivity index (χ3v) is 3.21. The molecule has 0 fully saturated rings. The third kappa shape index (κ3) is 2.72. The maximum Gasteiger partial charge on any atom is 0.319 e. The summed E-state index contributed by atoms with van der Waals surface area (Å²) in [6, 6.07) is 7.32. The molecule has 1 aromatic carbocycles. The number of halogens is 1. The molecule has 1 unspecified atom stereocenters. The van der Waals surface area contributed by atoms with E-state index in [0.29, 0.717) is 0 Å². The molecule has 86 valence electrons. The van der Waals surface area contributed by atoms with Crippen molar-refractivity contribution in [2.45, 2.75) is 13.3 Å². The van der Waals surface area contributed by atoms with Crippen molar-refractivity contribution in [2.75, 3.05) is 0 Å². The van der Waals surface area contributed by atoms with Crippen LogP contribution in [0, 0.1) is 8.99 Å². The highest BCUT2D eigenvalue weighted by Crippen LogP contribution is 2.23. The molecular formula is C11H12INO3. The number of primary amides is 1. The molecule has 0 spiro atoms. The lowest BCUT2D eigenvalue weighted by Crippen LogP contribution is -2.43. The monoisotopic (exact) mass is 333 g/mol. The zero-order chi connectivity index (χ0) is 12.3. The van der Waals surface area contributed by atoms with Gasteiger partial charge in [-0.3, -0.25) is 9.59 Å². The summed E-state index contributed by atoms with van der Waals surface area (Å²) in [6.45, 7) is 1.34. The first kappa shape index (κ1) is 13.0. The van der Waals surface area contributed by atoms with Crippen LogP contribution in [0.2, 0.25) is 0 Å². The number of carboxylic acids is 1. The van der Waals surface area contributed by atoms with Crippen molar-refractivity contribution in [1.82, 2.24) is 0 Å². The third-order valence-electron chi connectivity index (χ3n) is 2.49. The number of carboxylic acid groups (broad SMARTS) is 1. The number of carbonyl (C=O) groups excluding carboxylic acids is 1. The Labute approximate surface area is 107 Å². The van der Waals surface area contributed by atoms with Crippen LogP contribution in [0.3, 0.4) is 0 Å². The summed E-state index contributed by atoms with van der Waals surface area (Å²) in [5.41, 5.74) is 4.36. The minimum absolute atomic E-state index is 0.106. The summed E-state index contributed by atoms with van der Waals surface area (Å²) in [4.78, 5) is 22.2. The molecule has 5 heteroatoms. The Morgan fingerprint density at radius 1 is 1.38 bits per heavy atom. The molecular weight excluding hydrogens is 321 g/mol. The van der Waals surface area contributed by atoms with Crippen molar-refractivity contribution in [2.24, 2.45) is 11.1 Å². The number of benzene rings is 1. The molecule has 0 aliphatic carbocycles. The molecule has 0 saturated heterocycles. The van der Waals surface area contributed by atoms with E-state index in [1.165, 1.54) is 6.92 Å². The number of hydrogen-bond donors (Lipinski definition) is 2. The molecule has 0 heterocycles. The Morgan fingerprint density at radius 3 is 2.25 bits per heavy atom. The summed E-state index contributed by atoms with van der Waals surface area (Å²) in [7, 11) is 0. The summed E-state index contributed by atoms with van der Waals surface area (Å²) < 4.78 is 1.05. The van der Waals surface area contributed by atoms with Gasteiger partial charge in [-0.1, -0.05) is 12.1 Å². The smallest absolute Gasteiger partial charge is 0.319 e. The number of rotatable bonds is 4. The van der Waals surface area contributed by atoms with Gasteiger partial charge in [-0.2, -0.15) is 0 Å². The fraction of sp³-hybridized carbons (Fsp3) is 0.273. The van der Waals surface area contributed by atoms with Crippen molar-refractivity contribution in [3.05, 3.63) is 33.4 Å². The van der Waals surface area contributed by atoms with E-state index in [9.17, 15) is 9.59 Å². The largest absolute Gasteiger partial charge is 0.480 e. The lowest BCUT2D eigenvalue weighted by molar-refractivity contribution is -0.153. The van der Waals surface area contributed by atoms with E-state index in [4.69, 9.17) is 10.8 Å². The van der Waals surface area contributed by atoms with E-state index in [1.54, 1.807) is 12.1 Å². The SMILES string of the molecule is CC(Cc1ccc(I)cc1)(C(N)=O)C(=O)O. The lowest BCUT2D eigenvalue weighted by atomic mass is 9.83. The standard InChI is InChI=1S/C11H12INO3/c1-11(9(13)14,10(15)16)6-7-2-4-8(12)5-3-7/h2-5H,6H2,1H3,(H2,13,14)(H,15,16). The fourth-order valence-electron chi connectivity index (χ4n) is 1.28. The number of nitrogens with two attached hydrogens (primary N) is 1. The maximum absolute atomic E-state index is 11.2. The van der Waals surface area contributed by atoms with Crippen LogP contribution in [-0.2, 0) is 16.0 Å². The molecule has 3 N–H and O–H groups in total. The second-order valence-electron chi connectivity index (χ2n) is 3.80. The Bertz CT molecular complexity index is 400. The van der Waals surface area contributed by atoms with Gasteiger partial charge in [0.1, 0.15) is 5.41 Å². The first-order valence-corrected chi connectivity index (χ1v) is 5.72. The van der Waals surface area contributed by atoms with E-state index >= 15 is 0 Å². The zero-order valence-electron chi connectivity index (χ0n) is 8.74. The van der Waals surface area contributed by atoms with E-state index < -0.39 is 17.3 Å². The van der Waals surface area contributed by atoms with Crippen LogP contribution in [0.5, 0.6) is 0 Å².